The van der Waals surface area contributed by atoms with Gasteiger partial charge in [0, 0.05) is 25.7 Å². The number of nitrogens with two attached hydrogens (primary N) is 1. The van der Waals surface area contributed by atoms with Crippen molar-refractivity contribution in [2.24, 2.45) is 5.73 Å². The van der Waals surface area contributed by atoms with E-state index < -0.39 is 128 Å². The predicted octanol–water partition coefficient (Wildman–Crippen LogP) is -0.855. The summed E-state index contributed by atoms with van der Waals surface area (Å²) in [6.07, 6.45) is -5.59. The first kappa shape index (κ1) is 47.7. The summed E-state index contributed by atoms with van der Waals surface area (Å²) in [5.74, 6) is -11.5. The van der Waals surface area contributed by atoms with Gasteiger partial charge in [0.2, 0.25) is 35.4 Å². The van der Waals surface area contributed by atoms with Crippen molar-refractivity contribution in [3.05, 3.63) is 83.7 Å². The molecule has 0 heterocycles. The Kier molecular flexibility index (Phi) is 18.1. The van der Waals surface area contributed by atoms with Gasteiger partial charge in [-0.3, -0.25) is 43.2 Å². The Morgan fingerprint density at radius 1 is 0.574 bits per heavy atom. The van der Waals surface area contributed by atoms with Gasteiger partial charge >= 0.3 is 24.0 Å². The van der Waals surface area contributed by atoms with Crippen LogP contribution < -0.4 is 37.6 Å². The quantitative estimate of drug-likeness (QED) is 0.0523. The van der Waals surface area contributed by atoms with Crippen LogP contribution in [0.4, 0.5) is 9.18 Å². The number of benzene rings is 3. The lowest BCUT2D eigenvalue weighted by atomic mass is 9.97. The predicted molar refractivity (Wildman–Crippen MR) is 209 cm³/mol. The van der Waals surface area contributed by atoms with E-state index in [2.05, 4.69) is 26.6 Å². The van der Waals surface area contributed by atoms with Gasteiger partial charge < -0.3 is 58.1 Å². The van der Waals surface area contributed by atoms with Crippen LogP contribution in [0.2, 0.25) is 0 Å². The van der Waals surface area contributed by atoms with Crippen LogP contribution in [0.15, 0.2) is 66.7 Å². The Labute approximate surface area is 345 Å². The molecule has 0 bridgehead atoms. The van der Waals surface area contributed by atoms with Crippen LogP contribution in [0.25, 0.3) is 10.8 Å². The first-order valence-electron chi connectivity index (χ1n) is 18.5. The number of amides is 7. The number of rotatable bonds is 24. The Hall–Kier alpha value is -7.65. The van der Waals surface area contributed by atoms with Crippen molar-refractivity contribution in [2.75, 3.05) is 6.54 Å². The number of carboxylic acid groups (broad SMARTS) is 4. The Balaban J connectivity index is 1.89. The fourth-order valence-electron chi connectivity index (χ4n) is 5.98. The third-order valence-electron chi connectivity index (χ3n) is 8.92. The van der Waals surface area contributed by atoms with Gasteiger partial charge in [-0.15, -0.1) is 0 Å². The van der Waals surface area contributed by atoms with Crippen LogP contribution in [0.1, 0.15) is 43.2 Å². The minimum atomic E-state index is -1.89. The summed E-state index contributed by atoms with van der Waals surface area (Å²) in [6.45, 7) is -0.916. The number of carbonyl (C=O) groups is 10. The van der Waals surface area contributed by atoms with Crippen LogP contribution in [0, 0.1) is 5.82 Å². The number of carbonyl (C=O) groups excluding carboxylic acids is 6. The molecule has 5 unspecified atom stereocenters. The molecule has 0 aromatic heterocycles. The second-order valence-electron chi connectivity index (χ2n) is 13.6. The van der Waals surface area contributed by atoms with Crippen LogP contribution in [0.5, 0.6) is 0 Å². The summed E-state index contributed by atoms with van der Waals surface area (Å²) in [6, 6.07) is 9.10. The van der Waals surface area contributed by atoms with Crippen LogP contribution in [-0.2, 0) is 56.0 Å². The molecule has 326 valence electrons. The SMILES string of the molecule is NC(=O)C(CCC(=O)O)NC(=O)C(Cc1cccc2ccccc12)NC(=O)C(Cc1cccc(F)c1)NC(=O)CNC(=O)C(CCC(=O)O)NC(=O)C(CC(=O)O)NC(=O)O. The Bertz CT molecular complexity index is 2130. The molecule has 0 spiro atoms. The molecule has 0 saturated carbocycles. The fraction of sp³-hybridized carbons (Fsp3) is 0.333. The number of nitrogens with one attached hydrogen (secondary N) is 6. The molecule has 3 rings (SSSR count). The average Bonchev–Trinajstić information content (AvgIpc) is 3.18. The molecular formula is C39H44FN7O14. The normalized spacial score (nSPS) is 13.2. The number of hydrogen-bond donors (Lipinski definition) is 11. The van der Waals surface area contributed by atoms with E-state index in [4.69, 9.17) is 26.2 Å². The van der Waals surface area contributed by atoms with Crippen LogP contribution in [-0.4, -0.2) is 117 Å². The van der Waals surface area contributed by atoms with E-state index in [0.29, 0.717) is 10.9 Å². The molecule has 0 aliphatic heterocycles. The number of hydrogen-bond acceptors (Lipinski definition) is 10. The molecule has 3 aromatic carbocycles. The van der Waals surface area contributed by atoms with E-state index in [-0.39, 0.29) is 24.8 Å². The lowest BCUT2D eigenvalue weighted by Gasteiger charge is -2.25. The smallest absolute Gasteiger partial charge is 0.405 e. The highest BCUT2D eigenvalue weighted by Crippen LogP contribution is 2.20. The summed E-state index contributed by atoms with van der Waals surface area (Å²) in [7, 11) is 0. The summed E-state index contributed by atoms with van der Waals surface area (Å²) >= 11 is 0. The molecular weight excluding hydrogens is 809 g/mol. The second-order valence-corrected chi connectivity index (χ2v) is 13.6. The summed E-state index contributed by atoms with van der Waals surface area (Å²) in [5.41, 5.74) is 6.20. The molecule has 0 saturated heterocycles. The fourth-order valence-corrected chi connectivity index (χ4v) is 5.98. The van der Waals surface area contributed by atoms with Crippen molar-refractivity contribution in [1.29, 1.82) is 0 Å². The maximum Gasteiger partial charge on any atom is 0.405 e. The molecule has 0 aliphatic rings. The molecule has 0 fully saturated rings. The summed E-state index contributed by atoms with van der Waals surface area (Å²) in [5, 5.41) is 51.1. The maximum atomic E-state index is 14.2. The van der Waals surface area contributed by atoms with E-state index in [1.807, 2.05) is 0 Å². The molecule has 22 heteroatoms. The lowest BCUT2D eigenvalue weighted by Crippen LogP contribution is -2.58. The third kappa shape index (κ3) is 16.3. The van der Waals surface area contributed by atoms with Gasteiger partial charge in [0.05, 0.1) is 13.0 Å². The first-order valence-corrected chi connectivity index (χ1v) is 18.5. The molecule has 12 N–H and O–H groups in total. The van der Waals surface area contributed by atoms with Crippen molar-refractivity contribution in [2.45, 2.75) is 75.2 Å². The number of carboxylic acids is 3. The zero-order valence-corrected chi connectivity index (χ0v) is 32.2. The van der Waals surface area contributed by atoms with Gasteiger partial charge in [0.15, 0.2) is 0 Å². The molecule has 5 atom stereocenters. The number of aliphatic carboxylic acids is 3. The molecule has 0 aliphatic carbocycles. The van der Waals surface area contributed by atoms with Crippen molar-refractivity contribution in [1.82, 2.24) is 31.9 Å². The topological polar surface area (TPSA) is 350 Å². The number of primary amides is 1. The summed E-state index contributed by atoms with van der Waals surface area (Å²) in [4.78, 5) is 124. The van der Waals surface area contributed by atoms with Crippen molar-refractivity contribution in [3.8, 4) is 0 Å². The van der Waals surface area contributed by atoms with Gasteiger partial charge in [-0.05, 0) is 46.9 Å². The Morgan fingerprint density at radius 2 is 1.13 bits per heavy atom. The lowest BCUT2D eigenvalue weighted by molar-refractivity contribution is -0.140. The van der Waals surface area contributed by atoms with Crippen LogP contribution >= 0.6 is 0 Å². The minimum absolute atomic E-state index is 0.196. The van der Waals surface area contributed by atoms with Gasteiger partial charge in [0.25, 0.3) is 0 Å². The minimum Gasteiger partial charge on any atom is -0.481 e. The Morgan fingerprint density at radius 3 is 1.74 bits per heavy atom. The van der Waals surface area contributed by atoms with E-state index >= 15 is 0 Å². The first-order chi connectivity index (χ1) is 28.8. The van der Waals surface area contributed by atoms with Gasteiger partial charge in [-0.2, -0.15) is 0 Å². The van der Waals surface area contributed by atoms with Crippen molar-refractivity contribution < 1.29 is 72.8 Å². The van der Waals surface area contributed by atoms with Gasteiger partial charge in [0.1, 0.15) is 36.0 Å². The molecule has 7 amide bonds. The molecule has 21 nitrogen and oxygen atoms in total. The zero-order valence-electron chi connectivity index (χ0n) is 32.2. The van der Waals surface area contributed by atoms with Gasteiger partial charge in [-0.1, -0.05) is 54.6 Å². The summed E-state index contributed by atoms with van der Waals surface area (Å²) < 4.78 is 14.2. The van der Waals surface area contributed by atoms with E-state index in [1.54, 1.807) is 47.8 Å². The van der Waals surface area contributed by atoms with E-state index in [0.717, 1.165) is 17.5 Å². The molecule has 3 aromatic rings. The van der Waals surface area contributed by atoms with Crippen molar-refractivity contribution >= 4 is 70.2 Å². The van der Waals surface area contributed by atoms with E-state index in [9.17, 15) is 52.3 Å². The second kappa shape index (κ2) is 23.1. The highest BCUT2D eigenvalue weighted by molar-refractivity contribution is 5.97. The third-order valence-corrected chi connectivity index (χ3v) is 8.92. The van der Waals surface area contributed by atoms with E-state index in [1.165, 1.54) is 12.1 Å². The number of halogens is 1. The van der Waals surface area contributed by atoms with Crippen LogP contribution in [0.3, 0.4) is 0 Å². The average molecular weight is 854 g/mol. The highest BCUT2D eigenvalue weighted by Gasteiger charge is 2.32. The van der Waals surface area contributed by atoms with Gasteiger partial charge in [-0.25, -0.2) is 9.18 Å². The molecule has 0 radical (unpaired) electrons. The molecule has 61 heavy (non-hydrogen) atoms. The maximum absolute atomic E-state index is 14.2. The standard InChI is InChI=1S/C39H44FN7O14/c40-23-9-3-5-20(15-23)16-27(43-30(48)19-42-35(56)26(12-14-32(51)52)45-38(59)29(18-33(53)54)47-39(60)61)36(57)46-28(37(58)44-25(34(41)55)11-13-31(49)50)17-22-8-4-7-21-6-1-2-10-24(21)22/h1-10,15,25-29,47H,11-14,16-19H2,(H2,41,55)(H,42,56)(H,43,48)(H,44,58)(H,45,59)(H,46,57)(H,49,50)(H,51,52)(H,53,54)(H,60,61). The largest absolute Gasteiger partial charge is 0.481 e. The van der Waals surface area contributed by atoms with Crippen molar-refractivity contribution in [3.63, 3.8) is 0 Å². The monoisotopic (exact) mass is 853 g/mol. The zero-order chi connectivity index (χ0) is 45.2. The number of fused-ring (bicyclic) bond motifs is 1. The highest BCUT2D eigenvalue weighted by atomic mass is 19.1.